The monoisotopic (exact) mass is 304 g/mol. The molecule has 1 aliphatic rings. The second-order valence-corrected chi connectivity index (χ2v) is 5.50. The van der Waals surface area contributed by atoms with E-state index in [1.165, 1.54) is 18.3 Å². The lowest BCUT2D eigenvalue weighted by Crippen LogP contribution is -2.44. The highest BCUT2D eigenvalue weighted by atomic mass is 19.1. The van der Waals surface area contributed by atoms with Gasteiger partial charge < -0.3 is 15.7 Å². The van der Waals surface area contributed by atoms with Crippen LogP contribution in [0.15, 0.2) is 30.5 Å². The third kappa shape index (κ3) is 3.00. The summed E-state index contributed by atoms with van der Waals surface area (Å²) in [5.41, 5.74) is 0.399. The summed E-state index contributed by atoms with van der Waals surface area (Å²) in [6.07, 6.45) is 1.99. The molecule has 0 aliphatic carbocycles. The molecule has 1 amide bonds. The second-order valence-electron chi connectivity index (χ2n) is 5.50. The summed E-state index contributed by atoms with van der Waals surface area (Å²) in [5.74, 6) is -0.738. The van der Waals surface area contributed by atoms with Crippen molar-refractivity contribution in [2.75, 3.05) is 19.6 Å². The first kappa shape index (κ1) is 14.7. The van der Waals surface area contributed by atoms with E-state index in [0.717, 1.165) is 6.54 Å². The minimum absolute atomic E-state index is 0.159. The number of carbonyl (C=O) groups is 1. The zero-order chi connectivity index (χ0) is 15.6. The van der Waals surface area contributed by atoms with Crippen LogP contribution in [0.3, 0.4) is 0 Å². The van der Waals surface area contributed by atoms with E-state index in [4.69, 9.17) is 0 Å². The molecule has 2 heterocycles. The van der Waals surface area contributed by atoms with Crippen LogP contribution in [0.2, 0.25) is 0 Å². The third-order valence-electron chi connectivity index (χ3n) is 3.80. The lowest BCUT2D eigenvalue weighted by Gasteiger charge is -2.21. The number of aromatic nitrogens is 2. The Bertz CT molecular complexity index is 680. The van der Waals surface area contributed by atoms with Gasteiger partial charge in [-0.1, -0.05) is 12.1 Å². The number of amides is 1. The van der Waals surface area contributed by atoms with Gasteiger partial charge in [-0.3, -0.25) is 9.89 Å². The molecule has 0 bridgehead atoms. The summed E-state index contributed by atoms with van der Waals surface area (Å²) in [7, 11) is 0. The molecule has 7 heteroatoms. The summed E-state index contributed by atoms with van der Waals surface area (Å²) < 4.78 is 13.3. The van der Waals surface area contributed by atoms with Gasteiger partial charge in [-0.2, -0.15) is 5.10 Å². The number of carbonyl (C=O) groups excluding carboxylic acids is 1. The van der Waals surface area contributed by atoms with Crippen molar-refractivity contribution in [3.63, 3.8) is 0 Å². The van der Waals surface area contributed by atoms with Gasteiger partial charge in [0.05, 0.1) is 23.1 Å². The van der Waals surface area contributed by atoms with Gasteiger partial charge in [0.2, 0.25) is 0 Å². The zero-order valence-corrected chi connectivity index (χ0v) is 11.9. The van der Waals surface area contributed by atoms with Crippen molar-refractivity contribution in [2.45, 2.75) is 12.0 Å². The number of H-pyrrole nitrogens is 1. The standard InChI is InChI=1S/C15H17FN4O2/c16-11-3-1-2-10(6-11)13-12(7-19-20-13)14(21)18-9-15(22)4-5-17-8-15/h1-3,6-7,17,22H,4-5,8-9H2,(H,18,21)(H,19,20). The minimum Gasteiger partial charge on any atom is -0.387 e. The van der Waals surface area contributed by atoms with Crippen LogP contribution < -0.4 is 10.6 Å². The number of benzene rings is 1. The van der Waals surface area contributed by atoms with Crippen molar-refractivity contribution in [2.24, 2.45) is 0 Å². The fourth-order valence-corrected chi connectivity index (χ4v) is 2.54. The molecule has 1 aromatic carbocycles. The first-order chi connectivity index (χ1) is 10.6. The highest BCUT2D eigenvalue weighted by molar-refractivity contribution is 5.99. The van der Waals surface area contributed by atoms with Crippen LogP contribution in [-0.2, 0) is 0 Å². The molecule has 1 aromatic heterocycles. The molecule has 116 valence electrons. The third-order valence-corrected chi connectivity index (χ3v) is 3.80. The lowest BCUT2D eigenvalue weighted by atomic mass is 10.0. The fourth-order valence-electron chi connectivity index (χ4n) is 2.54. The van der Waals surface area contributed by atoms with E-state index < -0.39 is 5.60 Å². The minimum atomic E-state index is -0.918. The normalized spacial score (nSPS) is 21.0. The highest BCUT2D eigenvalue weighted by Gasteiger charge is 2.31. The van der Waals surface area contributed by atoms with Gasteiger partial charge in [0, 0.05) is 18.7 Å². The van der Waals surface area contributed by atoms with Crippen molar-refractivity contribution >= 4 is 5.91 Å². The van der Waals surface area contributed by atoms with Crippen LogP contribution >= 0.6 is 0 Å². The second kappa shape index (κ2) is 5.86. The maximum atomic E-state index is 13.3. The molecule has 0 spiro atoms. The van der Waals surface area contributed by atoms with Crippen LogP contribution in [0.25, 0.3) is 11.3 Å². The number of hydrogen-bond donors (Lipinski definition) is 4. The first-order valence-corrected chi connectivity index (χ1v) is 7.08. The molecular formula is C15H17FN4O2. The zero-order valence-electron chi connectivity index (χ0n) is 11.9. The van der Waals surface area contributed by atoms with E-state index >= 15 is 0 Å². The molecule has 1 atom stereocenters. The van der Waals surface area contributed by atoms with E-state index in [9.17, 15) is 14.3 Å². The Morgan fingerprint density at radius 3 is 3.09 bits per heavy atom. The number of aliphatic hydroxyl groups is 1. The van der Waals surface area contributed by atoms with Crippen LogP contribution in [-0.4, -0.2) is 46.4 Å². The van der Waals surface area contributed by atoms with Gasteiger partial charge >= 0.3 is 0 Å². The van der Waals surface area contributed by atoms with Gasteiger partial charge in [0.25, 0.3) is 5.91 Å². The molecule has 22 heavy (non-hydrogen) atoms. The summed E-state index contributed by atoms with van der Waals surface area (Å²) in [4.78, 5) is 12.3. The molecule has 1 fully saturated rings. The van der Waals surface area contributed by atoms with Crippen molar-refractivity contribution in [1.29, 1.82) is 0 Å². The van der Waals surface area contributed by atoms with Crippen LogP contribution in [0, 0.1) is 5.82 Å². The summed E-state index contributed by atoms with van der Waals surface area (Å²) in [6, 6.07) is 5.93. The van der Waals surface area contributed by atoms with E-state index in [1.54, 1.807) is 12.1 Å². The molecule has 0 saturated carbocycles. The van der Waals surface area contributed by atoms with Gasteiger partial charge in [-0.05, 0) is 25.1 Å². The van der Waals surface area contributed by atoms with E-state index in [2.05, 4.69) is 20.8 Å². The molecule has 6 nitrogen and oxygen atoms in total. The lowest BCUT2D eigenvalue weighted by molar-refractivity contribution is 0.0562. The number of halogens is 1. The van der Waals surface area contributed by atoms with Crippen molar-refractivity contribution < 1.29 is 14.3 Å². The van der Waals surface area contributed by atoms with E-state index in [1.807, 2.05) is 0 Å². The molecule has 3 rings (SSSR count). The SMILES string of the molecule is O=C(NCC1(O)CCNC1)c1cn[nH]c1-c1cccc(F)c1. The first-order valence-electron chi connectivity index (χ1n) is 7.08. The van der Waals surface area contributed by atoms with Crippen LogP contribution in [0.4, 0.5) is 4.39 Å². The van der Waals surface area contributed by atoms with E-state index in [0.29, 0.717) is 29.8 Å². The molecule has 1 aliphatic heterocycles. The average Bonchev–Trinajstić information content (AvgIpc) is 3.14. The largest absolute Gasteiger partial charge is 0.387 e. The highest BCUT2D eigenvalue weighted by Crippen LogP contribution is 2.22. The molecule has 2 aromatic rings. The van der Waals surface area contributed by atoms with Gasteiger partial charge in [-0.15, -0.1) is 0 Å². The van der Waals surface area contributed by atoms with Crippen molar-refractivity contribution in [3.05, 3.63) is 41.8 Å². The Hall–Kier alpha value is -2.25. The van der Waals surface area contributed by atoms with Gasteiger partial charge in [0.15, 0.2) is 0 Å². The number of nitrogens with zero attached hydrogens (tertiary/aromatic N) is 1. The molecule has 1 unspecified atom stereocenters. The number of hydrogen-bond acceptors (Lipinski definition) is 4. The smallest absolute Gasteiger partial charge is 0.255 e. The van der Waals surface area contributed by atoms with Gasteiger partial charge in [0.1, 0.15) is 5.82 Å². The Morgan fingerprint density at radius 2 is 2.36 bits per heavy atom. The number of rotatable bonds is 4. The van der Waals surface area contributed by atoms with Crippen LogP contribution in [0.1, 0.15) is 16.8 Å². The molecular weight excluding hydrogens is 287 g/mol. The Kier molecular flexibility index (Phi) is 3.91. The summed E-state index contributed by atoms with van der Waals surface area (Å²) in [6.45, 7) is 1.34. The topological polar surface area (TPSA) is 90.0 Å². The maximum absolute atomic E-state index is 13.3. The quantitative estimate of drug-likeness (QED) is 0.668. The predicted molar refractivity (Wildman–Crippen MR) is 78.8 cm³/mol. The summed E-state index contributed by atoms with van der Waals surface area (Å²) in [5, 5.41) is 22.6. The molecule has 1 saturated heterocycles. The van der Waals surface area contributed by atoms with Crippen LogP contribution in [0.5, 0.6) is 0 Å². The van der Waals surface area contributed by atoms with E-state index in [-0.39, 0.29) is 18.3 Å². The fraction of sp³-hybridized carbons (Fsp3) is 0.333. The summed E-state index contributed by atoms with van der Waals surface area (Å²) >= 11 is 0. The number of aromatic amines is 1. The Morgan fingerprint density at radius 1 is 1.50 bits per heavy atom. The average molecular weight is 304 g/mol. The molecule has 0 radical (unpaired) electrons. The maximum Gasteiger partial charge on any atom is 0.255 e. The van der Waals surface area contributed by atoms with Gasteiger partial charge in [-0.25, -0.2) is 4.39 Å². The van der Waals surface area contributed by atoms with Crippen molar-refractivity contribution in [1.82, 2.24) is 20.8 Å². The number of β-amino-alcohol motifs (C(OH)–C–C–N with tert-alkyl or cyclic N) is 1. The predicted octanol–water partition coefficient (Wildman–Crippen LogP) is 0.670. The van der Waals surface area contributed by atoms with Crippen molar-refractivity contribution in [3.8, 4) is 11.3 Å². The number of nitrogens with one attached hydrogen (secondary N) is 3. The Balaban J connectivity index is 1.75. The molecule has 4 N–H and O–H groups in total. The Labute approximate surface area is 126 Å².